The molecule has 4 heteroatoms. The van der Waals surface area contributed by atoms with E-state index < -0.39 is 5.97 Å². The Morgan fingerprint density at radius 1 is 1.15 bits per heavy atom. The molecule has 104 valence electrons. The van der Waals surface area contributed by atoms with Crippen molar-refractivity contribution < 1.29 is 19.7 Å². The summed E-state index contributed by atoms with van der Waals surface area (Å²) >= 11 is 0. The molecule has 0 fully saturated rings. The lowest BCUT2D eigenvalue weighted by atomic mass is 10.0. The third-order valence-electron chi connectivity index (χ3n) is 2.76. The fourth-order valence-electron chi connectivity index (χ4n) is 1.92. The number of carbonyl (C=O) groups is 1. The average Bonchev–Trinajstić information content (AvgIpc) is 2.38. The second kappa shape index (κ2) is 5.65. The number of phenols is 1. The first-order valence-electron chi connectivity index (χ1n) is 6.31. The number of rotatable bonds is 4. The molecule has 0 aliphatic carbocycles. The van der Waals surface area contributed by atoms with Gasteiger partial charge in [0.05, 0.1) is 11.7 Å². The van der Waals surface area contributed by atoms with Gasteiger partial charge in [-0.2, -0.15) is 0 Å². The number of hydrogen-bond donors (Lipinski definition) is 2. The number of phenolic OH excluding ortho intramolecular Hbond substituents is 1. The van der Waals surface area contributed by atoms with Crippen molar-refractivity contribution in [3.05, 3.63) is 48.0 Å². The van der Waals surface area contributed by atoms with E-state index in [4.69, 9.17) is 9.84 Å². The molecule has 2 aromatic rings. The maximum atomic E-state index is 10.8. The standard InChI is InChI=1S/C16H16O4/c1-10(2)20-13-5-3-4-11(8-13)14-7-6-12(16(18)19)9-15(14)17/h3-10,17H,1-2H3,(H,18,19). The second-order valence-electron chi connectivity index (χ2n) is 4.73. The van der Waals surface area contributed by atoms with Crippen molar-refractivity contribution in [2.75, 3.05) is 0 Å². The summed E-state index contributed by atoms with van der Waals surface area (Å²) in [5, 5.41) is 18.8. The lowest BCUT2D eigenvalue weighted by Gasteiger charge is -2.12. The highest BCUT2D eigenvalue weighted by Gasteiger charge is 2.10. The quantitative estimate of drug-likeness (QED) is 0.893. The van der Waals surface area contributed by atoms with Crippen LogP contribution < -0.4 is 4.74 Å². The van der Waals surface area contributed by atoms with Gasteiger partial charge in [-0.15, -0.1) is 0 Å². The summed E-state index contributed by atoms with van der Waals surface area (Å²) in [5.41, 5.74) is 1.41. The summed E-state index contributed by atoms with van der Waals surface area (Å²) in [5.74, 6) is -0.422. The van der Waals surface area contributed by atoms with E-state index in [0.717, 1.165) is 5.56 Å². The summed E-state index contributed by atoms with van der Waals surface area (Å²) in [6, 6.07) is 11.6. The Hall–Kier alpha value is -2.49. The molecule has 0 atom stereocenters. The van der Waals surface area contributed by atoms with Gasteiger partial charge in [0.25, 0.3) is 0 Å². The van der Waals surface area contributed by atoms with Gasteiger partial charge < -0.3 is 14.9 Å². The van der Waals surface area contributed by atoms with Crippen LogP contribution in [0.5, 0.6) is 11.5 Å². The van der Waals surface area contributed by atoms with Gasteiger partial charge in [0, 0.05) is 5.56 Å². The number of ether oxygens (including phenoxy) is 1. The topological polar surface area (TPSA) is 66.8 Å². The molecule has 2 rings (SSSR count). The first-order chi connectivity index (χ1) is 9.47. The minimum Gasteiger partial charge on any atom is -0.507 e. The molecule has 20 heavy (non-hydrogen) atoms. The normalized spacial score (nSPS) is 10.6. The highest BCUT2D eigenvalue weighted by Crippen LogP contribution is 2.32. The van der Waals surface area contributed by atoms with Crippen LogP contribution in [0.25, 0.3) is 11.1 Å². The Bertz CT molecular complexity index is 632. The van der Waals surface area contributed by atoms with E-state index >= 15 is 0 Å². The molecule has 0 aromatic heterocycles. The van der Waals surface area contributed by atoms with Crippen LogP contribution in [-0.4, -0.2) is 22.3 Å². The van der Waals surface area contributed by atoms with Crippen molar-refractivity contribution >= 4 is 5.97 Å². The Morgan fingerprint density at radius 3 is 2.50 bits per heavy atom. The molecule has 2 aromatic carbocycles. The molecule has 0 radical (unpaired) electrons. The molecule has 0 saturated heterocycles. The van der Waals surface area contributed by atoms with Crippen LogP contribution in [0.3, 0.4) is 0 Å². The van der Waals surface area contributed by atoms with Crippen LogP contribution in [0, 0.1) is 0 Å². The zero-order chi connectivity index (χ0) is 14.7. The summed E-state index contributed by atoms with van der Waals surface area (Å²) < 4.78 is 5.60. The Labute approximate surface area is 117 Å². The zero-order valence-electron chi connectivity index (χ0n) is 11.3. The molecular formula is C16H16O4. The van der Waals surface area contributed by atoms with E-state index in [-0.39, 0.29) is 17.4 Å². The van der Waals surface area contributed by atoms with Gasteiger partial charge >= 0.3 is 5.97 Å². The van der Waals surface area contributed by atoms with Crippen molar-refractivity contribution in [3.63, 3.8) is 0 Å². The van der Waals surface area contributed by atoms with E-state index in [1.165, 1.54) is 12.1 Å². The number of aromatic carboxylic acids is 1. The number of benzene rings is 2. The van der Waals surface area contributed by atoms with Crippen molar-refractivity contribution in [2.24, 2.45) is 0 Å². The maximum absolute atomic E-state index is 10.8. The average molecular weight is 272 g/mol. The highest BCUT2D eigenvalue weighted by molar-refractivity contribution is 5.89. The minimum absolute atomic E-state index is 0.0563. The fraction of sp³-hybridized carbons (Fsp3) is 0.188. The number of hydrogen-bond acceptors (Lipinski definition) is 3. The second-order valence-corrected chi connectivity index (χ2v) is 4.73. The molecule has 0 aliphatic heterocycles. The predicted octanol–water partition coefficient (Wildman–Crippen LogP) is 3.54. The summed E-state index contributed by atoms with van der Waals surface area (Å²) in [7, 11) is 0. The third kappa shape index (κ3) is 3.09. The van der Waals surface area contributed by atoms with Gasteiger partial charge in [-0.3, -0.25) is 0 Å². The fourth-order valence-corrected chi connectivity index (χ4v) is 1.92. The van der Waals surface area contributed by atoms with Gasteiger partial charge in [-0.1, -0.05) is 12.1 Å². The monoisotopic (exact) mass is 272 g/mol. The van der Waals surface area contributed by atoms with Gasteiger partial charge in [0.15, 0.2) is 0 Å². The SMILES string of the molecule is CC(C)Oc1cccc(-c2ccc(C(=O)O)cc2O)c1. The highest BCUT2D eigenvalue weighted by atomic mass is 16.5. The van der Waals surface area contributed by atoms with Gasteiger partial charge in [0.2, 0.25) is 0 Å². The van der Waals surface area contributed by atoms with Gasteiger partial charge in [-0.05, 0) is 49.7 Å². The lowest BCUT2D eigenvalue weighted by Crippen LogP contribution is -2.05. The third-order valence-corrected chi connectivity index (χ3v) is 2.76. The van der Waals surface area contributed by atoms with E-state index in [1.807, 2.05) is 38.1 Å². The van der Waals surface area contributed by atoms with Crippen LogP contribution in [-0.2, 0) is 0 Å². The Morgan fingerprint density at radius 2 is 1.90 bits per heavy atom. The summed E-state index contributed by atoms with van der Waals surface area (Å²) in [6.07, 6.45) is 0.0632. The molecule has 0 heterocycles. The first kappa shape index (κ1) is 13.9. The number of aromatic hydroxyl groups is 1. The van der Waals surface area contributed by atoms with Crippen LogP contribution in [0.2, 0.25) is 0 Å². The van der Waals surface area contributed by atoms with E-state index in [0.29, 0.717) is 11.3 Å². The Kier molecular flexibility index (Phi) is 3.94. The van der Waals surface area contributed by atoms with Crippen LogP contribution in [0.4, 0.5) is 0 Å². The molecule has 0 bridgehead atoms. The smallest absolute Gasteiger partial charge is 0.335 e. The number of carboxylic acids is 1. The van der Waals surface area contributed by atoms with E-state index in [1.54, 1.807) is 6.07 Å². The molecule has 0 amide bonds. The van der Waals surface area contributed by atoms with Crippen molar-refractivity contribution in [1.29, 1.82) is 0 Å². The predicted molar refractivity (Wildman–Crippen MR) is 76.3 cm³/mol. The zero-order valence-corrected chi connectivity index (χ0v) is 11.3. The van der Waals surface area contributed by atoms with E-state index in [2.05, 4.69) is 0 Å². The van der Waals surface area contributed by atoms with Gasteiger partial charge in [0.1, 0.15) is 11.5 Å². The minimum atomic E-state index is -1.07. The largest absolute Gasteiger partial charge is 0.507 e. The molecule has 0 unspecified atom stereocenters. The van der Waals surface area contributed by atoms with Crippen LogP contribution >= 0.6 is 0 Å². The lowest BCUT2D eigenvalue weighted by molar-refractivity contribution is 0.0696. The van der Waals surface area contributed by atoms with Crippen molar-refractivity contribution in [3.8, 4) is 22.6 Å². The van der Waals surface area contributed by atoms with Crippen molar-refractivity contribution in [2.45, 2.75) is 20.0 Å². The number of carboxylic acid groups (broad SMARTS) is 1. The Balaban J connectivity index is 2.38. The van der Waals surface area contributed by atoms with E-state index in [9.17, 15) is 9.90 Å². The molecule has 0 aliphatic rings. The summed E-state index contributed by atoms with van der Waals surface area (Å²) in [4.78, 5) is 10.8. The van der Waals surface area contributed by atoms with Crippen LogP contribution in [0.1, 0.15) is 24.2 Å². The van der Waals surface area contributed by atoms with Gasteiger partial charge in [-0.25, -0.2) is 4.79 Å². The molecule has 0 saturated carbocycles. The molecule has 4 nitrogen and oxygen atoms in total. The molecule has 0 spiro atoms. The summed E-state index contributed by atoms with van der Waals surface area (Å²) in [6.45, 7) is 3.87. The maximum Gasteiger partial charge on any atom is 0.335 e. The molecule has 2 N–H and O–H groups in total. The van der Waals surface area contributed by atoms with Crippen LogP contribution in [0.15, 0.2) is 42.5 Å². The van der Waals surface area contributed by atoms with Crippen molar-refractivity contribution in [1.82, 2.24) is 0 Å². The first-order valence-corrected chi connectivity index (χ1v) is 6.31. The molecular weight excluding hydrogens is 256 g/mol.